The lowest BCUT2D eigenvalue weighted by Crippen LogP contribution is -2.32. The van der Waals surface area contributed by atoms with Crippen LogP contribution in [0.1, 0.15) is 48.9 Å². The van der Waals surface area contributed by atoms with E-state index in [0.29, 0.717) is 28.7 Å². The molecular formula is C17H23ClN4O2. The minimum atomic E-state index is -0.375. The van der Waals surface area contributed by atoms with E-state index in [1.54, 1.807) is 24.3 Å². The molecule has 0 aliphatic heterocycles. The molecule has 2 aromatic rings. The zero-order valence-electron chi connectivity index (χ0n) is 14.3. The summed E-state index contributed by atoms with van der Waals surface area (Å²) in [5.41, 5.74) is 0.424. The zero-order valence-corrected chi connectivity index (χ0v) is 15.1. The summed E-state index contributed by atoms with van der Waals surface area (Å²) in [6, 6.07) is 6.79. The molecular weight excluding hydrogens is 328 g/mol. The number of aromatic nitrogens is 2. The van der Waals surface area contributed by atoms with E-state index in [1.807, 2.05) is 27.8 Å². The first-order valence-corrected chi connectivity index (χ1v) is 8.35. The quantitative estimate of drug-likeness (QED) is 0.802. The molecule has 7 heteroatoms. The molecule has 1 aromatic heterocycles. The molecule has 0 aliphatic carbocycles. The van der Waals surface area contributed by atoms with E-state index in [1.165, 1.54) is 0 Å². The van der Waals surface area contributed by atoms with Crippen molar-refractivity contribution in [2.45, 2.75) is 39.3 Å². The maximum absolute atomic E-state index is 12.5. The molecule has 0 saturated carbocycles. The number of likely N-dealkylation sites (N-methyl/N-ethyl adjacent to an activating group) is 1. The number of carbonyl (C=O) groups is 1. The van der Waals surface area contributed by atoms with Crippen LogP contribution in [0.3, 0.4) is 0 Å². The van der Waals surface area contributed by atoms with Crippen LogP contribution in [0.15, 0.2) is 28.8 Å². The normalized spacial score (nSPS) is 13.8. The molecule has 0 bridgehead atoms. The van der Waals surface area contributed by atoms with Crippen molar-refractivity contribution in [3.63, 3.8) is 0 Å². The van der Waals surface area contributed by atoms with Gasteiger partial charge >= 0.3 is 0 Å². The Kier molecular flexibility index (Phi) is 6.34. The molecule has 1 heterocycles. The lowest BCUT2D eigenvalue weighted by atomic mass is 10.0. The Morgan fingerprint density at radius 2 is 2.00 bits per heavy atom. The van der Waals surface area contributed by atoms with Gasteiger partial charge in [-0.05, 0) is 32.0 Å². The SMILES string of the molecule is CNC(C)Cc1noc(C(NC(=O)c2ccccc2Cl)C(C)C)n1. The van der Waals surface area contributed by atoms with Crippen LogP contribution in [-0.4, -0.2) is 29.1 Å². The van der Waals surface area contributed by atoms with Crippen molar-refractivity contribution >= 4 is 17.5 Å². The number of amides is 1. The van der Waals surface area contributed by atoms with Crippen molar-refractivity contribution in [2.24, 2.45) is 5.92 Å². The molecule has 0 fully saturated rings. The van der Waals surface area contributed by atoms with Gasteiger partial charge in [0.2, 0.25) is 5.89 Å². The number of rotatable bonds is 7. The minimum Gasteiger partial charge on any atom is -0.340 e. The molecule has 0 radical (unpaired) electrons. The predicted molar refractivity (Wildman–Crippen MR) is 93.0 cm³/mol. The summed E-state index contributed by atoms with van der Waals surface area (Å²) in [7, 11) is 1.88. The van der Waals surface area contributed by atoms with Crippen LogP contribution in [-0.2, 0) is 6.42 Å². The monoisotopic (exact) mass is 350 g/mol. The van der Waals surface area contributed by atoms with Crippen LogP contribution < -0.4 is 10.6 Å². The first kappa shape index (κ1) is 18.4. The second-order valence-corrected chi connectivity index (χ2v) is 6.52. The van der Waals surface area contributed by atoms with Crippen molar-refractivity contribution in [3.8, 4) is 0 Å². The molecule has 0 saturated heterocycles. The topological polar surface area (TPSA) is 80.0 Å². The number of hydrogen-bond acceptors (Lipinski definition) is 5. The van der Waals surface area contributed by atoms with Gasteiger partial charge in [0.15, 0.2) is 5.82 Å². The van der Waals surface area contributed by atoms with E-state index in [2.05, 4.69) is 20.8 Å². The third kappa shape index (κ3) is 4.55. The summed E-state index contributed by atoms with van der Waals surface area (Å²) in [6.07, 6.45) is 0.656. The molecule has 2 atom stereocenters. The lowest BCUT2D eigenvalue weighted by molar-refractivity contribution is 0.0914. The Morgan fingerprint density at radius 3 is 2.62 bits per heavy atom. The van der Waals surface area contributed by atoms with Gasteiger partial charge in [0.1, 0.15) is 6.04 Å². The highest BCUT2D eigenvalue weighted by Crippen LogP contribution is 2.22. The lowest BCUT2D eigenvalue weighted by Gasteiger charge is -2.18. The molecule has 24 heavy (non-hydrogen) atoms. The molecule has 1 aromatic carbocycles. The number of hydrogen-bond donors (Lipinski definition) is 2. The van der Waals surface area contributed by atoms with Crippen LogP contribution in [0.25, 0.3) is 0 Å². The van der Waals surface area contributed by atoms with Crippen molar-refractivity contribution in [3.05, 3.63) is 46.6 Å². The predicted octanol–water partition coefficient (Wildman–Crippen LogP) is 3.00. The molecule has 6 nitrogen and oxygen atoms in total. The Labute approximate surface area is 147 Å². The number of carbonyl (C=O) groups excluding carboxylic acids is 1. The van der Waals surface area contributed by atoms with Crippen LogP contribution in [0, 0.1) is 5.92 Å². The Bertz CT molecular complexity index is 687. The number of halogens is 1. The molecule has 0 spiro atoms. The Hall–Kier alpha value is -1.92. The first-order valence-electron chi connectivity index (χ1n) is 7.97. The van der Waals surface area contributed by atoms with E-state index in [9.17, 15) is 4.79 Å². The minimum absolute atomic E-state index is 0.0893. The van der Waals surface area contributed by atoms with Gasteiger partial charge in [-0.1, -0.05) is 42.7 Å². The van der Waals surface area contributed by atoms with Crippen molar-refractivity contribution in [1.29, 1.82) is 0 Å². The summed E-state index contributed by atoms with van der Waals surface area (Å²) in [5.74, 6) is 0.849. The highest BCUT2D eigenvalue weighted by atomic mass is 35.5. The van der Waals surface area contributed by atoms with E-state index >= 15 is 0 Å². The van der Waals surface area contributed by atoms with Crippen molar-refractivity contribution in [2.75, 3.05) is 7.05 Å². The van der Waals surface area contributed by atoms with E-state index in [4.69, 9.17) is 16.1 Å². The summed E-state index contributed by atoms with van der Waals surface area (Å²) >= 11 is 6.09. The molecule has 1 amide bonds. The van der Waals surface area contributed by atoms with Gasteiger partial charge in [-0.3, -0.25) is 4.79 Å². The molecule has 0 aliphatic rings. The molecule has 2 rings (SSSR count). The number of benzene rings is 1. The third-order valence-corrected chi connectivity index (χ3v) is 4.13. The fourth-order valence-corrected chi connectivity index (χ4v) is 2.45. The van der Waals surface area contributed by atoms with Gasteiger partial charge in [-0.25, -0.2) is 0 Å². The average Bonchev–Trinajstić information content (AvgIpc) is 3.00. The maximum Gasteiger partial charge on any atom is 0.253 e. The standard InChI is InChI=1S/C17H23ClN4O2/c1-10(2)15(17-20-14(22-24-17)9-11(3)19-4)21-16(23)12-7-5-6-8-13(12)18/h5-8,10-11,15,19H,9H2,1-4H3,(H,21,23). The van der Waals surface area contributed by atoms with Crippen LogP contribution in [0.5, 0.6) is 0 Å². The largest absolute Gasteiger partial charge is 0.340 e. The van der Waals surface area contributed by atoms with Gasteiger partial charge in [0, 0.05) is 12.5 Å². The van der Waals surface area contributed by atoms with E-state index in [0.717, 1.165) is 0 Å². The summed E-state index contributed by atoms with van der Waals surface area (Å²) in [6.45, 7) is 6.00. The zero-order chi connectivity index (χ0) is 17.7. The van der Waals surface area contributed by atoms with Gasteiger partial charge < -0.3 is 15.2 Å². The maximum atomic E-state index is 12.5. The van der Waals surface area contributed by atoms with Gasteiger partial charge in [-0.2, -0.15) is 4.98 Å². The van der Waals surface area contributed by atoms with Crippen molar-refractivity contribution < 1.29 is 9.32 Å². The van der Waals surface area contributed by atoms with Gasteiger partial charge in [-0.15, -0.1) is 0 Å². The Morgan fingerprint density at radius 1 is 1.29 bits per heavy atom. The molecule has 2 unspecified atom stereocenters. The second kappa shape index (κ2) is 8.26. The number of nitrogens with zero attached hydrogens (tertiary/aromatic N) is 2. The van der Waals surface area contributed by atoms with Crippen LogP contribution in [0.2, 0.25) is 5.02 Å². The molecule has 130 valence electrons. The van der Waals surface area contributed by atoms with Crippen molar-refractivity contribution in [1.82, 2.24) is 20.8 Å². The second-order valence-electron chi connectivity index (χ2n) is 6.12. The average molecular weight is 351 g/mol. The highest BCUT2D eigenvalue weighted by Gasteiger charge is 2.26. The number of nitrogens with one attached hydrogen (secondary N) is 2. The van der Waals surface area contributed by atoms with E-state index < -0.39 is 0 Å². The van der Waals surface area contributed by atoms with Crippen LogP contribution in [0.4, 0.5) is 0 Å². The fourth-order valence-electron chi connectivity index (χ4n) is 2.23. The highest BCUT2D eigenvalue weighted by molar-refractivity contribution is 6.33. The summed E-state index contributed by atoms with van der Waals surface area (Å²) in [5, 5.41) is 10.5. The smallest absolute Gasteiger partial charge is 0.253 e. The summed E-state index contributed by atoms with van der Waals surface area (Å²) < 4.78 is 5.36. The molecule has 2 N–H and O–H groups in total. The van der Waals surface area contributed by atoms with E-state index in [-0.39, 0.29) is 23.9 Å². The fraction of sp³-hybridized carbons (Fsp3) is 0.471. The Balaban J connectivity index is 2.15. The van der Waals surface area contributed by atoms with Gasteiger partial charge in [0.05, 0.1) is 10.6 Å². The van der Waals surface area contributed by atoms with Gasteiger partial charge in [0.25, 0.3) is 5.91 Å². The van der Waals surface area contributed by atoms with Crippen LogP contribution >= 0.6 is 11.6 Å². The third-order valence-electron chi connectivity index (χ3n) is 3.80. The summed E-state index contributed by atoms with van der Waals surface area (Å²) in [4.78, 5) is 16.9. The first-order chi connectivity index (χ1) is 11.4.